The normalized spacial score (nSPS) is 27.8. The fourth-order valence-corrected chi connectivity index (χ4v) is 3.18. The van der Waals surface area contributed by atoms with E-state index in [1.54, 1.807) is 61.7 Å². The van der Waals surface area contributed by atoms with E-state index in [2.05, 4.69) is 5.32 Å². The number of hydrogen-bond donors (Lipinski definition) is 4. The maximum absolute atomic E-state index is 12.6. The van der Waals surface area contributed by atoms with Gasteiger partial charge in [0.25, 0.3) is 5.91 Å². The molecule has 0 aliphatic carbocycles. The van der Waals surface area contributed by atoms with Crippen molar-refractivity contribution in [2.24, 2.45) is 0 Å². The average Bonchev–Trinajstić information content (AvgIpc) is 2.72. The lowest BCUT2D eigenvalue weighted by atomic mass is 9.88. The van der Waals surface area contributed by atoms with Crippen molar-refractivity contribution < 1.29 is 29.6 Å². The molecule has 4 N–H and O–H groups in total. The summed E-state index contributed by atoms with van der Waals surface area (Å²) in [6.45, 7) is -0.454. The first-order chi connectivity index (χ1) is 13.0. The maximum Gasteiger partial charge on any atom is 0.251 e. The second-order valence-electron chi connectivity index (χ2n) is 6.40. The van der Waals surface area contributed by atoms with E-state index >= 15 is 0 Å². The molecule has 144 valence electrons. The van der Waals surface area contributed by atoms with E-state index in [9.17, 15) is 20.1 Å². The molecule has 1 saturated heterocycles. The molecule has 0 unspecified atom stereocenters. The van der Waals surface area contributed by atoms with Gasteiger partial charge in [-0.2, -0.15) is 0 Å². The van der Waals surface area contributed by atoms with E-state index in [0.29, 0.717) is 16.9 Å². The minimum Gasteiger partial charge on any atom is -0.497 e. The van der Waals surface area contributed by atoms with E-state index in [1.807, 2.05) is 0 Å². The molecule has 0 bridgehead atoms. The largest absolute Gasteiger partial charge is 0.497 e. The third-order valence-electron chi connectivity index (χ3n) is 4.70. The molecule has 7 heteroatoms. The van der Waals surface area contributed by atoms with Gasteiger partial charge in [0.1, 0.15) is 30.2 Å². The number of aliphatic hydroxyl groups is 3. The second kappa shape index (κ2) is 8.49. The van der Waals surface area contributed by atoms with Crippen molar-refractivity contribution >= 4 is 5.91 Å². The summed E-state index contributed by atoms with van der Waals surface area (Å²) in [5, 5.41) is 33.0. The van der Waals surface area contributed by atoms with Crippen LogP contribution in [-0.4, -0.2) is 59.3 Å². The average molecular weight is 373 g/mol. The summed E-state index contributed by atoms with van der Waals surface area (Å²) in [5.74, 6) is 0.259. The van der Waals surface area contributed by atoms with Gasteiger partial charge in [0.05, 0.1) is 19.8 Å². The van der Waals surface area contributed by atoms with Crippen LogP contribution < -0.4 is 10.1 Å². The fraction of sp³-hybridized carbons (Fsp3) is 0.350. The van der Waals surface area contributed by atoms with Crippen LogP contribution in [0.2, 0.25) is 0 Å². The third kappa shape index (κ3) is 4.12. The van der Waals surface area contributed by atoms with Gasteiger partial charge in [-0.1, -0.05) is 30.3 Å². The number of hydrogen-bond acceptors (Lipinski definition) is 6. The standard InChI is InChI=1S/C20H23NO6/c1-26-14-9-7-12(8-10-14)19-16(18(24)17(23)15(11-22)27-19)21-20(25)13-5-3-2-4-6-13/h2-10,15-19,22-24H,11H2,1H3,(H,21,25)/t15-,16-,17+,18-,19+/m1/s1. The van der Waals surface area contributed by atoms with Gasteiger partial charge in [-0.25, -0.2) is 0 Å². The Hall–Kier alpha value is -2.45. The van der Waals surface area contributed by atoms with Crippen molar-refractivity contribution in [2.45, 2.75) is 30.5 Å². The summed E-state index contributed by atoms with van der Waals surface area (Å²) >= 11 is 0. The van der Waals surface area contributed by atoms with Gasteiger partial charge in [-0.15, -0.1) is 0 Å². The number of amides is 1. The van der Waals surface area contributed by atoms with Crippen LogP contribution in [0, 0.1) is 0 Å². The van der Waals surface area contributed by atoms with Crippen molar-refractivity contribution in [3.63, 3.8) is 0 Å². The van der Waals surface area contributed by atoms with Crippen LogP contribution in [0.3, 0.4) is 0 Å². The molecular formula is C20H23NO6. The number of rotatable bonds is 5. The lowest BCUT2D eigenvalue weighted by Gasteiger charge is -2.43. The molecule has 1 aliphatic heterocycles. The van der Waals surface area contributed by atoms with Crippen molar-refractivity contribution in [1.29, 1.82) is 0 Å². The third-order valence-corrected chi connectivity index (χ3v) is 4.70. The van der Waals surface area contributed by atoms with E-state index < -0.39 is 43.0 Å². The number of carbonyl (C=O) groups excluding carboxylic acids is 1. The Morgan fingerprint density at radius 1 is 1.07 bits per heavy atom. The number of aliphatic hydroxyl groups excluding tert-OH is 3. The van der Waals surface area contributed by atoms with Gasteiger partial charge in [-0.05, 0) is 29.8 Å². The lowest BCUT2D eigenvalue weighted by molar-refractivity contribution is -0.195. The topological polar surface area (TPSA) is 108 Å². The predicted octanol–water partition coefficient (Wildman–Crippen LogP) is 0.648. The van der Waals surface area contributed by atoms with Crippen LogP contribution in [0.15, 0.2) is 54.6 Å². The quantitative estimate of drug-likeness (QED) is 0.613. The van der Waals surface area contributed by atoms with E-state index in [1.165, 1.54) is 0 Å². The summed E-state index contributed by atoms with van der Waals surface area (Å²) in [6.07, 6.45) is -4.35. The molecule has 0 spiro atoms. The van der Waals surface area contributed by atoms with Crippen molar-refractivity contribution in [3.05, 3.63) is 65.7 Å². The van der Waals surface area contributed by atoms with Gasteiger partial charge in [0.15, 0.2) is 0 Å². The molecule has 5 atom stereocenters. The predicted molar refractivity (Wildman–Crippen MR) is 97.4 cm³/mol. The summed E-state index contributed by atoms with van der Waals surface area (Å²) in [5.41, 5.74) is 1.11. The number of nitrogens with one attached hydrogen (secondary N) is 1. The zero-order chi connectivity index (χ0) is 19.4. The summed E-state index contributed by atoms with van der Waals surface area (Å²) in [6, 6.07) is 14.7. The molecule has 3 rings (SSSR count). The molecule has 1 amide bonds. The molecule has 1 heterocycles. The Kier molecular flexibility index (Phi) is 6.08. The number of benzene rings is 2. The Labute approximate surface area is 157 Å². The van der Waals surface area contributed by atoms with Gasteiger partial charge in [0, 0.05) is 5.56 Å². The summed E-state index contributed by atoms with van der Waals surface area (Å²) in [7, 11) is 1.55. The number of ether oxygens (including phenoxy) is 2. The molecular weight excluding hydrogens is 350 g/mol. The highest BCUT2D eigenvalue weighted by atomic mass is 16.5. The zero-order valence-corrected chi connectivity index (χ0v) is 14.9. The van der Waals surface area contributed by atoms with E-state index in [4.69, 9.17) is 9.47 Å². The van der Waals surface area contributed by atoms with E-state index in [0.717, 1.165) is 0 Å². The molecule has 0 saturated carbocycles. The maximum atomic E-state index is 12.6. The number of methoxy groups -OCH3 is 1. The minimum atomic E-state index is -1.33. The van der Waals surface area contributed by atoms with Gasteiger partial charge < -0.3 is 30.1 Å². The summed E-state index contributed by atoms with van der Waals surface area (Å²) < 4.78 is 11.0. The Bertz CT molecular complexity index is 751. The molecule has 1 aliphatic rings. The molecule has 0 aromatic heterocycles. The summed E-state index contributed by atoms with van der Waals surface area (Å²) in [4.78, 5) is 12.6. The van der Waals surface area contributed by atoms with Gasteiger partial charge in [-0.3, -0.25) is 4.79 Å². The SMILES string of the molecule is COc1ccc([C@@H]2O[C@H](CO)[C@H](O)[C@H](O)[C@H]2NC(=O)c2ccccc2)cc1. The van der Waals surface area contributed by atoms with Crippen LogP contribution in [0.5, 0.6) is 5.75 Å². The minimum absolute atomic E-state index is 0.392. The Morgan fingerprint density at radius 2 is 1.74 bits per heavy atom. The van der Waals surface area contributed by atoms with Crippen LogP contribution in [0.25, 0.3) is 0 Å². The first-order valence-corrected chi connectivity index (χ1v) is 8.67. The lowest BCUT2D eigenvalue weighted by Crippen LogP contribution is -2.61. The Balaban J connectivity index is 1.89. The number of carbonyl (C=O) groups is 1. The Morgan fingerprint density at radius 3 is 2.33 bits per heavy atom. The molecule has 1 fully saturated rings. The zero-order valence-electron chi connectivity index (χ0n) is 14.9. The molecule has 2 aromatic rings. The van der Waals surface area contributed by atoms with Crippen LogP contribution >= 0.6 is 0 Å². The smallest absolute Gasteiger partial charge is 0.251 e. The van der Waals surface area contributed by atoms with Crippen LogP contribution in [0.1, 0.15) is 22.0 Å². The van der Waals surface area contributed by atoms with E-state index in [-0.39, 0.29) is 0 Å². The fourth-order valence-electron chi connectivity index (χ4n) is 3.18. The molecule has 7 nitrogen and oxygen atoms in total. The van der Waals surface area contributed by atoms with Crippen molar-refractivity contribution in [3.8, 4) is 5.75 Å². The molecule has 0 radical (unpaired) electrons. The first-order valence-electron chi connectivity index (χ1n) is 8.67. The molecule has 2 aromatic carbocycles. The first kappa shape index (κ1) is 19.3. The monoisotopic (exact) mass is 373 g/mol. The van der Waals surface area contributed by atoms with Gasteiger partial charge >= 0.3 is 0 Å². The second-order valence-corrected chi connectivity index (χ2v) is 6.40. The highest BCUT2D eigenvalue weighted by Gasteiger charge is 2.45. The van der Waals surface area contributed by atoms with Crippen LogP contribution in [-0.2, 0) is 4.74 Å². The van der Waals surface area contributed by atoms with Crippen LogP contribution in [0.4, 0.5) is 0 Å². The highest BCUT2D eigenvalue weighted by Crippen LogP contribution is 2.33. The highest BCUT2D eigenvalue weighted by molar-refractivity contribution is 5.94. The van der Waals surface area contributed by atoms with Crippen molar-refractivity contribution in [1.82, 2.24) is 5.32 Å². The molecule has 27 heavy (non-hydrogen) atoms. The van der Waals surface area contributed by atoms with Gasteiger partial charge in [0.2, 0.25) is 0 Å². The van der Waals surface area contributed by atoms with Crippen molar-refractivity contribution in [2.75, 3.05) is 13.7 Å².